The summed E-state index contributed by atoms with van der Waals surface area (Å²) in [6.45, 7) is 18.5. The molecule has 0 spiro atoms. The molecule has 6 aromatic rings. The van der Waals surface area contributed by atoms with Gasteiger partial charge in [-0.2, -0.15) is 17.5 Å². The van der Waals surface area contributed by atoms with Crippen molar-refractivity contribution < 1.29 is 33.4 Å². The minimum atomic E-state index is -0.285. The van der Waals surface area contributed by atoms with Crippen molar-refractivity contribution in [1.29, 1.82) is 0 Å². The molecule has 2 aromatic carbocycles. The van der Waals surface area contributed by atoms with Crippen molar-refractivity contribution in [2.45, 2.75) is 67.5 Å². The Labute approximate surface area is 375 Å². The molecule has 1 aliphatic rings. The van der Waals surface area contributed by atoms with E-state index in [1.165, 1.54) is 4.90 Å². The van der Waals surface area contributed by atoms with E-state index in [9.17, 15) is 19.8 Å². The third-order valence-electron chi connectivity index (χ3n) is 10.1. The summed E-state index contributed by atoms with van der Waals surface area (Å²) in [6, 6.07) is 17.5. The lowest BCUT2D eigenvalue weighted by Gasteiger charge is -2.30. The van der Waals surface area contributed by atoms with Gasteiger partial charge in [0.15, 0.2) is 34.8 Å². The van der Waals surface area contributed by atoms with Gasteiger partial charge in [0, 0.05) is 27.2 Å². The molecule has 5 heterocycles. The van der Waals surface area contributed by atoms with E-state index in [0.717, 1.165) is 46.5 Å². The number of phenols is 2. The maximum atomic E-state index is 12.9. The number of para-hydroxylation sites is 2. The van der Waals surface area contributed by atoms with Crippen LogP contribution in [0.1, 0.15) is 97.4 Å². The van der Waals surface area contributed by atoms with Crippen LogP contribution in [0.3, 0.4) is 0 Å². The van der Waals surface area contributed by atoms with Gasteiger partial charge in [-0.25, -0.2) is 0 Å². The summed E-state index contributed by atoms with van der Waals surface area (Å²) in [4.78, 5) is 28.3. The molecule has 0 saturated carbocycles. The van der Waals surface area contributed by atoms with Gasteiger partial charge in [0.2, 0.25) is 0 Å². The molecule has 6 N–H and O–H groups in total. The summed E-state index contributed by atoms with van der Waals surface area (Å²) in [6.07, 6.45) is 0. The lowest BCUT2D eigenvalue weighted by atomic mass is 9.85. The zero-order valence-electron chi connectivity index (χ0n) is 37.2. The topological polar surface area (TPSA) is 216 Å². The Kier molecular flexibility index (Phi) is 14.3. The Balaban J connectivity index is 0.000000211. The summed E-state index contributed by atoms with van der Waals surface area (Å²) >= 11 is 2.10. The number of hydrogen-bond acceptors (Lipinski definition) is 17. The van der Waals surface area contributed by atoms with Gasteiger partial charge in [0.1, 0.15) is 23.0 Å². The average Bonchev–Trinajstić information content (AvgIpc) is 4.06. The van der Waals surface area contributed by atoms with Crippen LogP contribution in [0.5, 0.6) is 11.5 Å². The second-order valence-electron chi connectivity index (χ2n) is 17.5. The van der Waals surface area contributed by atoms with Gasteiger partial charge in [0.25, 0.3) is 11.8 Å². The molecule has 2 atom stereocenters. The monoisotopic (exact) mass is 900 g/mol. The zero-order chi connectivity index (χ0) is 45.6. The molecule has 7 rings (SSSR count). The van der Waals surface area contributed by atoms with Crippen LogP contribution in [-0.2, 0) is 4.74 Å². The summed E-state index contributed by atoms with van der Waals surface area (Å²) in [5, 5.41) is 34.5. The maximum Gasteiger partial charge on any atom is 0.257 e. The fourth-order valence-corrected chi connectivity index (χ4v) is 7.67. The third kappa shape index (κ3) is 11.3. The molecule has 336 valence electrons. The van der Waals surface area contributed by atoms with E-state index in [4.69, 9.17) is 13.6 Å². The number of aromatic nitrogens is 4. The lowest BCUT2D eigenvalue weighted by Crippen LogP contribution is -2.40. The van der Waals surface area contributed by atoms with Crippen LogP contribution >= 0.6 is 23.5 Å². The van der Waals surface area contributed by atoms with Gasteiger partial charge in [-0.15, -0.1) is 0 Å². The van der Waals surface area contributed by atoms with Gasteiger partial charge in [-0.05, 0) is 73.2 Å². The van der Waals surface area contributed by atoms with Crippen molar-refractivity contribution in [3.05, 3.63) is 94.8 Å². The minimum Gasteiger partial charge on any atom is -0.505 e. The molecule has 2 amide bonds. The fourth-order valence-electron chi connectivity index (χ4n) is 6.72. The number of aryl methyl sites for hydroxylation is 2. The van der Waals surface area contributed by atoms with Gasteiger partial charge < -0.3 is 54.9 Å². The van der Waals surface area contributed by atoms with Crippen molar-refractivity contribution in [2.24, 2.45) is 10.8 Å². The maximum absolute atomic E-state index is 12.9. The molecular formula is C44H56N10O7S2. The highest BCUT2D eigenvalue weighted by molar-refractivity contribution is 7.00. The highest BCUT2D eigenvalue weighted by Gasteiger charge is 2.32. The highest BCUT2D eigenvalue weighted by atomic mass is 32.1. The van der Waals surface area contributed by atoms with E-state index >= 15 is 0 Å². The number of rotatable bonds is 12. The van der Waals surface area contributed by atoms with E-state index in [-0.39, 0.29) is 57.4 Å². The Bertz CT molecular complexity index is 2490. The van der Waals surface area contributed by atoms with Crippen LogP contribution in [0.2, 0.25) is 0 Å². The first-order valence-electron chi connectivity index (χ1n) is 20.4. The number of nitrogens with one attached hydrogen (secondary N) is 4. The fraction of sp³-hybridized carbons (Fsp3) is 0.409. The van der Waals surface area contributed by atoms with Crippen LogP contribution < -0.4 is 21.3 Å². The molecule has 1 fully saturated rings. The van der Waals surface area contributed by atoms with Crippen LogP contribution in [0.15, 0.2) is 69.5 Å². The van der Waals surface area contributed by atoms with Crippen LogP contribution in [0.25, 0.3) is 0 Å². The second kappa shape index (κ2) is 19.5. The van der Waals surface area contributed by atoms with Gasteiger partial charge in [-0.3, -0.25) is 9.59 Å². The summed E-state index contributed by atoms with van der Waals surface area (Å²) in [5.41, 5.74) is 0.869. The molecule has 4 aromatic heterocycles. The smallest absolute Gasteiger partial charge is 0.257 e. The number of anilines is 6. The SMILES string of the molecule is Cc1ccc([C@H](Nc2nsnc2Nc2cccc(C(=O)N(C)C)c2O)C(C)(C)C)o1.Cc1ccc([C@H](Nc2nsnc2Nc2cccc(C(=O)N3CCOCC3)c2O)C(C)(C)C)o1. The number of hydrogen-bond donors (Lipinski definition) is 6. The molecule has 1 saturated heterocycles. The van der Waals surface area contributed by atoms with Crippen LogP contribution in [0.4, 0.5) is 34.6 Å². The van der Waals surface area contributed by atoms with Crippen molar-refractivity contribution >= 4 is 69.9 Å². The molecule has 1 aliphatic heterocycles. The molecular weight excluding hydrogens is 845 g/mol. The van der Waals surface area contributed by atoms with Gasteiger partial charge in [0.05, 0.1) is 71.3 Å². The summed E-state index contributed by atoms with van der Waals surface area (Å²) < 4.78 is 34.5. The molecule has 63 heavy (non-hydrogen) atoms. The Morgan fingerprint density at radius 1 is 0.667 bits per heavy atom. The van der Waals surface area contributed by atoms with Crippen molar-refractivity contribution in [2.75, 3.05) is 61.7 Å². The van der Waals surface area contributed by atoms with E-state index < -0.39 is 0 Å². The number of amides is 2. The number of carbonyl (C=O) groups is 2. The largest absolute Gasteiger partial charge is 0.505 e. The number of benzene rings is 2. The number of ether oxygens (including phenoxy) is 1. The molecule has 0 radical (unpaired) electrons. The van der Waals surface area contributed by atoms with Crippen LogP contribution in [-0.4, -0.2) is 89.7 Å². The Hall–Kier alpha value is -6.18. The molecule has 0 unspecified atom stereocenters. The first kappa shape index (κ1) is 46.3. The molecule has 17 nitrogen and oxygen atoms in total. The third-order valence-corrected chi connectivity index (χ3v) is 11.2. The standard InChI is InChI=1S/C23H29N5O4S.C21H27N5O3S/c1-14-8-9-17(32-14)19(23(2,3)4)25-21-20(26-33-27-21)24-16-7-5-6-15(18(16)29)22(30)28-10-12-31-13-11-28;1-12-10-11-15(29-12)17(21(2,3)4)23-19-18(24-30-25-19)22-14-9-7-8-13(16(14)27)20(28)26(5)6/h5-9,19,29H,10-13H2,1-4H3,(H,24,26)(H,25,27);7-11,17,27H,1-6H3,(H,22,24)(H,23,25)/t19-;17-/m00/s1. The number of aromatic hydroxyl groups is 2. The average molecular weight is 901 g/mol. The highest BCUT2D eigenvalue weighted by Crippen LogP contribution is 2.41. The van der Waals surface area contributed by atoms with Gasteiger partial charge in [-0.1, -0.05) is 53.7 Å². The lowest BCUT2D eigenvalue weighted by molar-refractivity contribution is 0.0301. The van der Waals surface area contributed by atoms with E-state index in [0.29, 0.717) is 60.9 Å². The number of morpholine rings is 1. The predicted octanol–water partition coefficient (Wildman–Crippen LogP) is 9.35. The molecule has 0 aliphatic carbocycles. The van der Waals surface area contributed by atoms with E-state index in [1.807, 2.05) is 38.1 Å². The predicted molar refractivity (Wildman–Crippen MR) is 246 cm³/mol. The number of phenolic OH excluding ortho intramolecular Hbond substituents is 2. The second-order valence-corrected chi connectivity index (χ2v) is 18.5. The minimum absolute atomic E-state index is 0.123. The van der Waals surface area contributed by atoms with E-state index in [1.54, 1.807) is 55.4 Å². The molecule has 0 bridgehead atoms. The normalized spacial score (nSPS) is 14.0. The number of furan rings is 2. The van der Waals surface area contributed by atoms with Crippen molar-refractivity contribution in [3.8, 4) is 11.5 Å². The quantitative estimate of drug-likeness (QED) is 0.0631. The molecule has 19 heteroatoms. The van der Waals surface area contributed by atoms with Gasteiger partial charge >= 0.3 is 0 Å². The van der Waals surface area contributed by atoms with Crippen LogP contribution in [0, 0.1) is 24.7 Å². The summed E-state index contributed by atoms with van der Waals surface area (Å²) in [5.74, 6) is 4.51. The number of nitrogens with zero attached hydrogens (tertiary/aromatic N) is 6. The number of carbonyl (C=O) groups excluding carboxylic acids is 2. The summed E-state index contributed by atoms with van der Waals surface area (Å²) in [7, 11) is 3.27. The first-order valence-corrected chi connectivity index (χ1v) is 21.9. The van der Waals surface area contributed by atoms with Crippen molar-refractivity contribution in [3.63, 3.8) is 0 Å². The van der Waals surface area contributed by atoms with Crippen molar-refractivity contribution in [1.82, 2.24) is 27.3 Å². The first-order chi connectivity index (χ1) is 29.8. The van der Waals surface area contributed by atoms with E-state index in [2.05, 4.69) is 80.3 Å². The Morgan fingerprint density at radius 3 is 1.51 bits per heavy atom. The Morgan fingerprint density at radius 2 is 1.10 bits per heavy atom. The zero-order valence-corrected chi connectivity index (χ0v) is 38.8.